The number of thiophene rings is 1. The van der Waals surface area contributed by atoms with Crippen LogP contribution in [-0.2, 0) is 6.54 Å². The first kappa shape index (κ1) is 11.3. The number of aromatic carboxylic acids is 1. The van der Waals surface area contributed by atoms with Gasteiger partial charge in [-0.05, 0) is 12.1 Å². The van der Waals surface area contributed by atoms with Gasteiger partial charge in [-0.15, -0.1) is 11.3 Å². The molecule has 2 aromatic rings. The molecular formula is C10H8N2O4S. The van der Waals surface area contributed by atoms with Gasteiger partial charge in [0.25, 0.3) is 11.1 Å². The summed E-state index contributed by atoms with van der Waals surface area (Å²) in [6.07, 6.45) is 0. The van der Waals surface area contributed by atoms with Crippen LogP contribution >= 0.6 is 11.3 Å². The predicted octanol–water partition coefficient (Wildman–Crippen LogP) is 0.345. The van der Waals surface area contributed by atoms with Crippen molar-refractivity contribution in [3.05, 3.63) is 54.7 Å². The van der Waals surface area contributed by atoms with E-state index in [9.17, 15) is 14.4 Å². The van der Waals surface area contributed by atoms with Crippen molar-refractivity contribution < 1.29 is 9.90 Å². The lowest BCUT2D eigenvalue weighted by atomic mass is 10.4. The highest BCUT2D eigenvalue weighted by molar-refractivity contribution is 7.13. The lowest BCUT2D eigenvalue weighted by molar-refractivity contribution is 0.0702. The fourth-order valence-corrected chi connectivity index (χ4v) is 2.15. The Labute approximate surface area is 98.8 Å². The molecule has 2 N–H and O–H groups in total. The molecule has 0 atom stereocenters. The molecule has 0 unspecified atom stereocenters. The van der Waals surface area contributed by atoms with Crippen molar-refractivity contribution in [3.63, 3.8) is 0 Å². The van der Waals surface area contributed by atoms with Gasteiger partial charge in [0.05, 0.1) is 6.54 Å². The fourth-order valence-electron chi connectivity index (χ4n) is 1.31. The molecule has 0 fully saturated rings. The minimum atomic E-state index is -1.00. The molecule has 7 heteroatoms. The summed E-state index contributed by atoms with van der Waals surface area (Å²) in [4.78, 5) is 34.0. The summed E-state index contributed by atoms with van der Waals surface area (Å²) in [7, 11) is 0. The number of nitrogens with one attached hydrogen (secondary N) is 1. The molecule has 0 saturated carbocycles. The van der Waals surface area contributed by atoms with Gasteiger partial charge < -0.3 is 5.11 Å². The molecule has 0 aliphatic rings. The zero-order chi connectivity index (χ0) is 12.4. The second-order valence-electron chi connectivity index (χ2n) is 3.30. The van der Waals surface area contributed by atoms with Crippen molar-refractivity contribution >= 4 is 17.3 Å². The maximum absolute atomic E-state index is 11.4. The summed E-state index contributed by atoms with van der Waals surface area (Å²) in [5, 5.41) is 11.1. The highest BCUT2D eigenvalue weighted by atomic mass is 32.1. The van der Waals surface area contributed by atoms with Crippen LogP contribution in [0.4, 0.5) is 0 Å². The number of rotatable bonds is 3. The van der Waals surface area contributed by atoms with Gasteiger partial charge in [0, 0.05) is 17.0 Å². The monoisotopic (exact) mass is 252 g/mol. The van der Waals surface area contributed by atoms with E-state index in [-0.39, 0.29) is 22.5 Å². The normalized spacial score (nSPS) is 10.4. The van der Waals surface area contributed by atoms with Gasteiger partial charge in [-0.25, -0.2) is 9.48 Å². The zero-order valence-electron chi connectivity index (χ0n) is 8.54. The van der Waals surface area contributed by atoms with Crippen molar-refractivity contribution in [2.75, 3.05) is 0 Å². The highest BCUT2D eigenvalue weighted by Gasteiger charge is 2.07. The van der Waals surface area contributed by atoms with Gasteiger partial charge in [0.15, 0.2) is 0 Å². The van der Waals surface area contributed by atoms with E-state index in [1.165, 1.54) is 12.1 Å². The smallest absolute Gasteiger partial charge is 0.345 e. The van der Waals surface area contributed by atoms with Crippen LogP contribution in [0.5, 0.6) is 0 Å². The van der Waals surface area contributed by atoms with E-state index in [2.05, 4.69) is 5.10 Å². The Morgan fingerprint density at radius 2 is 2.06 bits per heavy atom. The molecule has 0 aliphatic carbocycles. The minimum absolute atomic E-state index is 0.160. The first-order chi connectivity index (χ1) is 8.06. The summed E-state index contributed by atoms with van der Waals surface area (Å²) in [6, 6.07) is 5.40. The molecule has 88 valence electrons. The Morgan fingerprint density at radius 1 is 1.29 bits per heavy atom. The van der Waals surface area contributed by atoms with Crippen LogP contribution < -0.4 is 11.1 Å². The average molecular weight is 252 g/mol. The van der Waals surface area contributed by atoms with Gasteiger partial charge in [-0.1, -0.05) is 0 Å². The summed E-state index contributed by atoms with van der Waals surface area (Å²) >= 11 is 1.07. The topological polar surface area (TPSA) is 92.2 Å². The van der Waals surface area contributed by atoms with E-state index in [1.807, 2.05) is 0 Å². The van der Waals surface area contributed by atoms with Crippen LogP contribution in [0, 0.1) is 0 Å². The molecule has 6 nitrogen and oxygen atoms in total. The van der Waals surface area contributed by atoms with Gasteiger partial charge in [-0.2, -0.15) is 0 Å². The fraction of sp³-hybridized carbons (Fsp3) is 0.100. The summed E-state index contributed by atoms with van der Waals surface area (Å²) < 4.78 is 1.14. The molecule has 2 aromatic heterocycles. The largest absolute Gasteiger partial charge is 0.477 e. The number of carboxylic acid groups (broad SMARTS) is 1. The van der Waals surface area contributed by atoms with Crippen molar-refractivity contribution in [1.82, 2.24) is 9.78 Å². The Morgan fingerprint density at radius 3 is 2.71 bits per heavy atom. The van der Waals surface area contributed by atoms with Crippen molar-refractivity contribution in [2.45, 2.75) is 6.54 Å². The number of hydrogen-bond donors (Lipinski definition) is 2. The molecular weight excluding hydrogens is 244 g/mol. The Balaban J connectivity index is 2.31. The molecule has 0 spiro atoms. The minimum Gasteiger partial charge on any atom is -0.477 e. The third-order valence-electron chi connectivity index (χ3n) is 2.07. The first-order valence-corrected chi connectivity index (χ1v) is 5.50. The van der Waals surface area contributed by atoms with Crippen LogP contribution in [0.2, 0.25) is 0 Å². The zero-order valence-corrected chi connectivity index (χ0v) is 9.36. The molecule has 17 heavy (non-hydrogen) atoms. The second kappa shape index (κ2) is 4.38. The molecule has 0 aromatic carbocycles. The maximum Gasteiger partial charge on any atom is 0.345 e. The third kappa shape index (κ3) is 2.51. The second-order valence-corrected chi connectivity index (χ2v) is 4.47. The lowest BCUT2D eigenvalue weighted by Gasteiger charge is -2.01. The summed E-state index contributed by atoms with van der Waals surface area (Å²) in [6.45, 7) is 0.160. The standard InChI is InChI=1S/C10H8N2O4S/c13-8-3-4-9(14)12(11-8)5-6-1-2-7(17-6)10(15)16/h1-4H,5H2,(H,11,13)(H,15,16). The van der Waals surface area contributed by atoms with Crippen LogP contribution in [0.15, 0.2) is 33.9 Å². The Hall–Kier alpha value is -2.15. The number of H-pyrrole nitrogens is 1. The number of carboxylic acids is 1. The van der Waals surface area contributed by atoms with E-state index in [0.717, 1.165) is 22.1 Å². The van der Waals surface area contributed by atoms with E-state index in [4.69, 9.17) is 5.11 Å². The van der Waals surface area contributed by atoms with Crippen LogP contribution in [0.3, 0.4) is 0 Å². The molecule has 2 heterocycles. The number of carbonyl (C=O) groups is 1. The third-order valence-corrected chi connectivity index (χ3v) is 3.13. The van der Waals surface area contributed by atoms with Crippen molar-refractivity contribution in [1.29, 1.82) is 0 Å². The van der Waals surface area contributed by atoms with Crippen LogP contribution in [-0.4, -0.2) is 20.9 Å². The van der Waals surface area contributed by atoms with E-state index >= 15 is 0 Å². The molecule has 0 radical (unpaired) electrons. The van der Waals surface area contributed by atoms with Gasteiger partial charge in [0.1, 0.15) is 4.88 Å². The predicted molar refractivity (Wildman–Crippen MR) is 61.7 cm³/mol. The van der Waals surface area contributed by atoms with Crippen molar-refractivity contribution in [2.24, 2.45) is 0 Å². The average Bonchev–Trinajstić information content (AvgIpc) is 2.72. The van der Waals surface area contributed by atoms with Gasteiger partial charge in [-0.3, -0.25) is 14.7 Å². The number of aromatic amines is 1. The van der Waals surface area contributed by atoms with Gasteiger partial charge in [0.2, 0.25) is 0 Å². The number of nitrogens with zero attached hydrogens (tertiary/aromatic N) is 1. The molecule has 0 bridgehead atoms. The van der Waals surface area contributed by atoms with Crippen LogP contribution in [0.1, 0.15) is 14.5 Å². The number of hydrogen-bond acceptors (Lipinski definition) is 4. The van der Waals surface area contributed by atoms with Crippen LogP contribution in [0.25, 0.3) is 0 Å². The maximum atomic E-state index is 11.4. The Bertz CT molecular complexity index is 667. The molecule has 2 rings (SSSR count). The van der Waals surface area contributed by atoms with Gasteiger partial charge >= 0.3 is 5.97 Å². The quantitative estimate of drug-likeness (QED) is 0.824. The molecule has 0 amide bonds. The SMILES string of the molecule is O=C(O)c1ccc(Cn2[nH]c(=O)ccc2=O)s1. The molecule has 0 aliphatic heterocycles. The lowest BCUT2D eigenvalue weighted by Crippen LogP contribution is -2.28. The van der Waals surface area contributed by atoms with Crippen molar-refractivity contribution in [3.8, 4) is 0 Å². The van der Waals surface area contributed by atoms with E-state index in [1.54, 1.807) is 6.07 Å². The number of aromatic nitrogens is 2. The Kier molecular flexibility index (Phi) is 2.92. The van der Waals surface area contributed by atoms with E-state index < -0.39 is 5.97 Å². The van der Waals surface area contributed by atoms with E-state index in [0.29, 0.717) is 4.88 Å². The molecule has 0 saturated heterocycles. The summed E-state index contributed by atoms with van der Waals surface area (Å²) in [5.41, 5.74) is -0.713. The summed E-state index contributed by atoms with van der Waals surface area (Å²) in [5.74, 6) is -1.00. The highest BCUT2D eigenvalue weighted by Crippen LogP contribution is 2.16. The first-order valence-electron chi connectivity index (χ1n) is 4.68.